The monoisotopic (exact) mass is 415 g/mol. The fraction of sp³-hybridized carbons (Fsp3) is 0.667. The Morgan fingerprint density at radius 2 is 1.63 bits per heavy atom. The molecule has 0 spiro atoms. The van der Waals surface area contributed by atoms with E-state index in [9.17, 15) is 4.79 Å². The van der Waals surface area contributed by atoms with E-state index in [1.807, 2.05) is 7.05 Å². The van der Waals surface area contributed by atoms with Crippen molar-refractivity contribution in [2.45, 2.75) is 51.1 Å². The average Bonchev–Trinajstić information content (AvgIpc) is 2.68. The van der Waals surface area contributed by atoms with Gasteiger partial charge in [-0.3, -0.25) is 9.69 Å². The average molecular weight is 416 g/mol. The summed E-state index contributed by atoms with van der Waals surface area (Å²) in [7, 11) is 2.02. The number of likely N-dealkylation sites (tertiary alicyclic amines) is 2. The van der Waals surface area contributed by atoms with Gasteiger partial charge in [0.05, 0.1) is 6.04 Å². The molecule has 1 atom stereocenters. The highest BCUT2D eigenvalue weighted by atomic mass is 35.5. The summed E-state index contributed by atoms with van der Waals surface area (Å²) >= 11 is 0. The second-order valence-corrected chi connectivity index (χ2v) is 7.73. The molecule has 6 heteroatoms. The maximum atomic E-state index is 12.8. The van der Waals surface area contributed by atoms with Gasteiger partial charge in [-0.2, -0.15) is 0 Å². The number of rotatable bonds is 5. The lowest BCUT2D eigenvalue weighted by Gasteiger charge is -2.39. The summed E-state index contributed by atoms with van der Waals surface area (Å²) in [5.74, 6) is 1.09. The van der Waals surface area contributed by atoms with Crippen molar-refractivity contribution in [2.24, 2.45) is 5.92 Å². The summed E-state index contributed by atoms with van der Waals surface area (Å²) in [4.78, 5) is 17.3. The van der Waals surface area contributed by atoms with Gasteiger partial charge in [-0.25, -0.2) is 0 Å². The zero-order valence-corrected chi connectivity index (χ0v) is 18.2. The third-order valence-electron chi connectivity index (χ3n) is 6.14. The second-order valence-electron chi connectivity index (χ2n) is 7.73. The highest BCUT2D eigenvalue weighted by Crippen LogP contribution is 2.24. The maximum Gasteiger partial charge on any atom is 0.239 e. The van der Waals surface area contributed by atoms with Crippen molar-refractivity contribution in [1.82, 2.24) is 15.1 Å². The fourth-order valence-corrected chi connectivity index (χ4v) is 4.30. The van der Waals surface area contributed by atoms with E-state index in [4.69, 9.17) is 0 Å². The van der Waals surface area contributed by atoms with Crippen molar-refractivity contribution < 1.29 is 4.79 Å². The minimum absolute atomic E-state index is 0. The van der Waals surface area contributed by atoms with Gasteiger partial charge >= 0.3 is 0 Å². The van der Waals surface area contributed by atoms with Crippen LogP contribution in [0.5, 0.6) is 0 Å². The molecule has 2 heterocycles. The van der Waals surface area contributed by atoms with E-state index in [0.717, 1.165) is 44.9 Å². The Balaban J connectivity index is 0.00000182. The molecular formula is C21H35Cl2N3O. The molecular weight excluding hydrogens is 381 g/mol. The first-order valence-electron chi connectivity index (χ1n) is 9.91. The van der Waals surface area contributed by atoms with Crippen LogP contribution in [0, 0.1) is 5.92 Å². The van der Waals surface area contributed by atoms with Gasteiger partial charge in [-0.1, -0.05) is 30.3 Å². The van der Waals surface area contributed by atoms with E-state index in [1.54, 1.807) is 0 Å². The lowest BCUT2D eigenvalue weighted by atomic mass is 9.89. The van der Waals surface area contributed by atoms with E-state index in [0.29, 0.717) is 11.9 Å². The lowest BCUT2D eigenvalue weighted by molar-refractivity contribution is -0.138. The quantitative estimate of drug-likeness (QED) is 0.800. The lowest BCUT2D eigenvalue weighted by Crippen LogP contribution is -2.52. The molecule has 27 heavy (non-hydrogen) atoms. The molecule has 154 valence electrons. The minimum Gasteiger partial charge on any atom is -0.341 e. The molecule has 2 aliphatic heterocycles. The molecule has 1 N–H and O–H groups in total. The molecule has 0 bridgehead atoms. The summed E-state index contributed by atoms with van der Waals surface area (Å²) in [6.07, 6.45) is 5.74. The summed E-state index contributed by atoms with van der Waals surface area (Å²) in [5, 5.41) is 3.33. The van der Waals surface area contributed by atoms with Gasteiger partial charge in [-0.05, 0) is 70.6 Å². The van der Waals surface area contributed by atoms with Crippen LogP contribution in [0.1, 0.15) is 38.2 Å². The smallest absolute Gasteiger partial charge is 0.239 e. The molecule has 0 aromatic heterocycles. The van der Waals surface area contributed by atoms with Crippen molar-refractivity contribution in [3.05, 3.63) is 35.9 Å². The third-order valence-corrected chi connectivity index (χ3v) is 6.14. The SMILES string of the molecule is CNC1CCN(C(=O)C(C)N2CCC(Cc3ccccc3)CC2)CC1.Cl.Cl. The van der Waals surface area contributed by atoms with Crippen LogP contribution in [0.25, 0.3) is 0 Å². The molecule has 2 saturated heterocycles. The van der Waals surface area contributed by atoms with Crippen molar-refractivity contribution in [3.63, 3.8) is 0 Å². The second kappa shape index (κ2) is 11.9. The number of benzene rings is 1. The normalized spacial score (nSPS) is 20.4. The summed E-state index contributed by atoms with van der Waals surface area (Å²) in [5.41, 5.74) is 1.44. The Hall–Kier alpha value is -0.810. The molecule has 1 aromatic rings. The molecule has 1 amide bonds. The van der Waals surface area contributed by atoms with Gasteiger partial charge < -0.3 is 10.2 Å². The fourth-order valence-electron chi connectivity index (χ4n) is 4.30. The Kier molecular flexibility index (Phi) is 10.7. The zero-order valence-electron chi connectivity index (χ0n) is 16.6. The standard InChI is InChI=1S/C21H33N3O.2ClH/c1-17(21(25)24-14-10-20(22-2)11-15-24)23-12-8-19(9-13-23)16-18-6-4-3-5-7-18;;/h3-7,17,19-20,22H,8-16H2,1-2H3;2*1H. The molecule has 0 radical (unpaired) electrons. The Morgan fingerprint density at radius 3 is 2.19 bits per heavy atom. The van der Waals surface area contributed by atoms with Crippen LogP contribution in [0.15, 0.2) is 30.3 Å². The van der Waals surface area contributed by atoms with Gasteiger partial charge in [0.25, 0.3) is 0 Å². The van der Waals surface area contributed by atoms with E-state index in [2.05, 4.69) is 52.4 Å². The zero-order chi connectivity index (χ0) is 17.6. The van der Waals surface area contributed by atoms with Gasteiger partial charge in [0, 0.05) is 19.1 Å². The molecule has 1 unspecified atom stereocenters. The number of piperidine rings is 2. The van der Waals surface area contributed by atoms with Crippen LogP contribution in [0.4, 0.5) is 0 Å². The Morgan fingerprint density at radius 1 is 1.04 bits per heavy atom. The van der Waals surface area contributed by atoms with Crippen LogP contribution < -0.4 is 5.32 Å². The number of hydrogen-bond acceptors (Lipinski definition) is 3. The minimum atomic E-state index is 0. The summed E-state index contributed by atoms with van der Waals surface area (Å²) < 4.78 is 0. The molecule has 3 rings (SSSR count). The number of nitrogens with zero attached hydrogens (tertiary/aromatic N) is 2. The first kappa shape index (κ1) is 24.2. The van der Waals surface area contributed by atoms with E-state index < -0.39 is 0 Å². The largest absolute Gasteiger partial charge is 0.341 e. The summed E-state index contributed by atoms with van der Waals surface area (Å²) in [6, 6.07) is 11.4. The Labute approximate surface area is 176 Å². The number of hydrogen-bond donors (Lipinski definition) is 1. The van der Waals surface area contributed by atoms with E-state index in [-0.39, 0.29) is 30.9 Å². The molecule has 2 fully saturated rings. The van der Waals surface area contributed by atoms with Crippen LogP contribution >= 0.6 is 24.8 Å². The van der Waals surface area contributed by atoms with Gasteiger partial charge in [0.1, 0.15) is 0 Å². The Bertz CT molecular complexity index is 542. The van der Waals surface area contributed by atoms with Crippen molar-refractivity contribution in [1.29, 1.82) is 0 Å². The van der Waals surface area contributed by atoms with Crippen molar-refractivity contribution in [3.8, 4) is 0 Å². The van der Waals surface area contributed by atoms with Crippen LogP contribution in [0.3, 0.4) is 0 Å². The van der Waals surface area contributed by atoms with Crippen LogP contribution in [-0.2, 0) is 11.2 Å². The van der Waals surface area contributed by atoms with Crippen LogP contribution in [0.2, 0.25) is 0 Å². The molecule has 0 aliphatic carbocycles. The highest BCUT2D eigenvalue weighted by molar-refractivity contribution is 5.85. The van der Waals surface area contributed by atoms with E-state index in [1.165, 1.54) is 24.8 Å². The first-order chi connectivity index (χ1) is 12.2. The number of halogens is 2. The maximum absolute atomic E-state index is 12.8. The third kappa shape index (κ3) is 6.63. The molecule has 2 aliphatic rings. The molecule has 4 nitrogen and oxygen atoms in total. The predicted molar refractivity (Wildman–Crippen MR) is 117 cm³/mol. The highest BCUT2D eigenvalue weighted by Gasteiger charge is 2.31. The predicted octanol–water partition coefficient (Wildman–Crippen LogP) is 3.38. The van der Waals surface area contributed by atoms with E-state index >= 15 is 0 Å². The van der Waals surface area contributed by atoms with Gasteiger partial charge in [0.15, 0.2) is 0 Å². The van der Waals surface area contributed by atoms with Crippen molar-refractivity contribution >= 4 is 30.7 Å². The van der Waals surface area contributed by atoms with Crippen molar-refractivity contribution in [2.75, 3.05) is 33.2 Å². The number of carbonyl (C=O) groups is 1. The van der Waals surface area contributed by atoms with Gasteiger partial charge in [-0.15, -0.1) is 24.8 Å². The van der Waals surface area contributed by atoms with Crippen LogP contribution in [-0.4, -0.2) is 61.0 Å². The first-order valence-corrected chi connectivity index (χ1v) is 9.91. The summed E-state index contributed by atoms with van der Waals surface area (Å²) in [6.45, 7) is 6.01. The number of amides is 1. The number of nitrogens with one attached hydrogen (secondary N) is 1. The topological polar surface area (TPSA) is 35.6 Å². The van der Waals surface area contributed by atoms with Gasteiger partial charge in [0.2, 0.25) is 5.91 Å². The molecule has 0 saturated carbocycles. The number of carbonyl (C=O) groups excluding carboxylic acids is 1. The molecule has 1 aromatic carbocycles.